The summed E-state index contributed by atoms with van der Waals surface area (Å²) in [5.74, 6) is -0.275. The molecule has 2 N–H and O–H groups in total. The number of rotatable bonds is 3. The lowest BCUT2D eigenvalue weighted by atomic mass is 10.0. The van der Waals surface area contributed by atoms with Gasteiger partial charge in [0.05, 0.1) is 0 Å². The van der Waals surface area contributed by atoms with Crippen LogP contribution in [-0.2, 0) is 4.79 Å². The zero-order valence-corrected chi connectivity index (χ0v) is 8.37. The van der Waals surface area contributed by atoms with Crippen molar-refractivity contribution in [1.29, 1.82) is 0 Å². The summed E-state index contributed by atoms with van der Waals surface area (Å²) in [6.07, 6.45) is -1.17. The van der Waals surface area contributed by atoms with Gasteiger partial charge in [0.1, 0.15) is 6.04 Å². The van der Waals surface area contributed by atoms with Crippen LogP contribution in [0.15, 0.2) is 0 Å². The number of amides is 2. The number of nitrogens with one attached hydrogen (secondary N) is 1. The first-order chi connectivity index (χ1) is 5.86. The minimum absolute atomic E-state index is 0.0500. The molecule has 0 rings (SSSR count). The predicted octanol–water partition coefficient (Wildman–Crippen LogP) is 0.367. The van der Waals surface area contributed by atoms with Crippen LogP contribution in [0.3, 0.4) is 0 Å². The number of carbonyl (C=O) groups excluding carboxylic acids is 1. The molecule has 0 radical (unpaired) electrons. The molecular weight excluding hydrogens is 172 g/mol. The van der Waals surface area contributed by atoms with Crippen LogP contribution in [0, 0.1) is 5.92 Å². The van der Waals surface area contributed by atoms with Crippen LogP contribution in [-0.4, -0.2) is 42.1 Å². The Hall–Kier alpha value is -1.26. The van der Waals surface area contributed by atoms with E-state index >= 15 is 0 Å². The normalized spacial score (nSPS) is 12.4. The number of likely N-dealkylation sites (N-methyl/N-ethyl adjacent to an activating group) is 1. The highest BCUT2D eigenvalue weighted by Crippen LogP contribution is 2.03. The fraction of sp³-hybridized carbons (Fsp3) is 0.750. The maximum Gasteiger partial charge on any atom is 0.405 e. The second kappa shape index (κ2) is 4.69. The first-order valence-corrected chi connectivity index (χ1v) is 4.07. The zero-order chi connectivity index (χ0) is 10.6. The zero-order valence-electron chi connectivity index (χ0n) is 8.37. The summed E-state index contributed by atoms with van der Waals surface area (Å²) in [6, 6.07) is -0.660. The van der Waals surface area contributed by atoms with Crippen molar-refractivity contribution in [3.8, 4) is 0 Å². The lowest BCUT2D eigenvalue weighted by Gasteiger charge is -2.23. The Morgan fingerprint density at radius 2 is 1.77 bits per heavy atom. The van der Waals surface area contributed by atoms with Gasteiger partial charge in [-0.25, -0.2) is 4.79 Å². The van der Waals surface area contributed by atoms with Crippen LogP contribution in [0.5, 0.6) is 0 Å². The van der Waals surface area contributed by atoms with E-state index in [0.29, 0.717) is 0 Å². The van der Waals surface area contributed by atoms with E-state index in [1.54, 1.807) is 27.9 Å². The van der Waals surface area contributed by atoms with Gasteiger partial charge < -0.3 is 15.3 Å². The van der Waals surface area contributed by atoms with Crippen molar-refractivity contribution < 1.29 is 14.7 Å². The molecule has 5 nitrogen and oxygen atoms in total. The molecule has 0 unspecified atom stereocenters. The van der Waals surface area contributed by atoms with Crippen molar-refractivity contribution in [3.63, 3.8) is 0 Å². The van der Waals surface area contributed by atoms with E-state index in [1.165, 1.54) is 4.90 Å². The SMILES string of the molecule is CC(C)[C@H](NC(=O)O)C(=O)N(C)C. The first kappa shape index (κ1) is 11.7. The van der Waals surface area contributed by atoms with Crippen molar-refractivity contribution in [1.82, 2.24) is 10.2 Å². The van der Waals surface area contributed by atoms with Gasteiger partial charge in [-0.2, -0.15) is 0 Å². The molecule has 0 heterocycles. The third-order valence-corrected chi connectivity index (χ3v) is 1.65. The minimum atomic E-state index is -1.17. The Balaban J connectivity index is 4.42. The Kier molecular flexibility index (Phi) is 4.23. The standard InChI is InChI=1S/C8H16N2O3/c1-5(2)6(9-8(12)13)7(11)10(3)4/h5-6,9H,1-4H3,(H,12,13)/t6-/m0/s1. The van der Waals surface area contributed by atoms with Crippen molar-refractivity contribution >= 4 is 12.0 Å². The maximum atomic E-state index is 11.4. The fourth-order valence-electron chi connectivity index (χ4n) is 0.925. The molecule has 0 aliphatic heterocycles. The van der Waals surface area contributed by atoms with Crippen LogP contribution in [0.4, 0.5) is 4.79 Å². The summed E-state index contributed by atoms with van der Waals surface area (Å²) >= 11 is 0. The van der Waals surface area contributed by atoms with Gasteiger partial charge in [0.15, 0.2) is 0 Å². The third-order valence-electron chi connectivity index (χ3n) is 1.65. The third kappa shape index (κ3) is 3.78. The smallest absolute Gasteiger partial charge is 0.405 e. The van der Waals surface area contributed by atoms with E-state index in [4.69, 9.17) is 5.11 Å². The topological polar surface area (TPSA) is 69.6 Å². The molecule has 2 amide bonds. The van der Waals surface area contributed by atoms with Gasteiger partial charge >= 0.3 is 6.09 Å². The summed E-state index contributed by atoms with van der Waals surface area (Å²) in [6.45, 7) is 3.59. The van der Waals surface area contributed by atoms with Gasteiger partial charge in [-0.1, -0.05) is 13.8 Å². The monoisotopic (exact) mass is 188 g/mol. The molecule has 5 heteroatoms. The Morgan fingerprint density at radius 1 is 1.31 bits per heavy atom. The van der Waals surface area contributed by atoms with E-state index < -0.39 is 12.1 Å². The average molecular weight is 188 g/mol. The summed E-state index contributed by atoms with van der Waals surface area (Å²) < 4.78 is 0. The van der Waals surface area contributed by atoms with Crippen molar-refractivity contribution in [3.05, 3.63) is 0 Å². The molecule has 0 bridgehead atoms. The minimum Gasteiger partial charge on any atom is -0.465 e. The van der Waals surface area contributed by atoms with E-state index in [1.807, 2.05) is 0 Å². The van der Waals surface area contributed by atoms with Gasteiger partial charge in [0.25, 0.3) is 0 Å². The summed E-state index contributed by atoms with van der Waals surface area (Å²) in [5.41, 5.74) is 0. The lowest BCUT2D eigenvalue weighted by molar-refractivity contribution is -0.131. The van der Waals surface area contributed by atoms with Gasteiger partial charge in [0, 0.05) is 14.1 Å². The van der Waals surface area contributed by atoms with E-state index in [9.17, 15) is 9.59 Å². The van der Waals surface area contributed by atoms with Gasteiger partial charge in [-0.05, 0) is 5.92 Å². The van der Waals surface area contributed by atoms with Crippen LogP contribution in [0.2, 0.25) is 0 Å². The molecule has 0 fully saturated rings. The lowest BCUT2D eigenvalue weighted by Crippen LogP contribution is -2.48. The highest BCUT2D eigenvalue weighted by atomic mass is 16.4. The predicted molar refractivity (Wildman–Crippen MR) is 48.5 cm³/mol. The number of hydrogen-bond acceptors (Lipinski definition) is 2. The number of nitrogens with zero attached hydrogens (tertiary/aromatic N) is 1. The summed E-state index contributed by atoms with van der Waals surface area (Å²) in [4.78, 5) is 23.2. The van der Waals surface area contributed by atoms with Crippen molar-refractivity contribution in [2.45, 2.75) is 19.9 Å². The number of carbonyl (C=O) groups is 2. The average Bonchev–Trinajstić information content (AvgIpc) is 1.97. The molecule has 13 heavy (non-hydrogen) atoms. The molecule has 0 spiro atoms. The van der Waals surface area contributed by atoms with Crippen molar-refractivity contribution in [2.75, 3.05) is 14.1 Å². The molecule has 0 aromatic rings. The van der Waals surface area contributed by atoms with Gasteiger partial charge in [-0.3, -0.25) is 4.79 Å². The van der Waals surface area contributed by atoms with E-state index in [-0.39, 0.29) is 11.8 Å². The van der Waals surface area contributed by atoms with E-state index in [2.05, 4.69) is 5.32 Å². The quantitative estimate of drug-likeness (QED) is 0.672. The first-order valence-electron chi connectivity index (χ1n) is 4.07. The Morgan fingerprint density at radius 3 is 2.00 bits per heavy atom. The second-order valence-corrected chi connectivity index (χ2v) is 3.40. The molecule has 0 saturated carbocycles. The van der Waals surface area contributed by atoms with Gasteiger partial charge in [0.2, 0.25) is 5.91 Å². The molecule has 1 atom stereocenters. The molecule has 0 saturated heterocycles. The van der Waals surface area contributed by atoms with Crippen LogP contribution >= 0.6 is 0 Å². The van der Waals surface area contributed by atoms with Gasteiger partial charge in [-0.15, -0.1) is 0 Å². The number of hydrogen-bond donors (Lipinski definition) is 2. The molecule has 76 valence electrons. The largest absolute Gasteiger partial charge is 0.465 e. The summed E-state index contributed by atoms with van der Waals surface area (Å²) in [5, 5.41) is 10.7. The van der Waals surface area contributed by atoms with Crippen LogP contribution < -0.4 is 5.32 Å². The Bertz CT molecular complexity index is 202. The highest BCUT2D eigenvalue weighted by molar-refractivity contribution is 5.85. The molecule has 0 aliphatic carbocycles. The second-order valence-electron chi connectivity index (χ2n) is 3.40. The molecule has 0 aliphatic rings. The highest BCUT2D eigenvalue weighted by Gasteiger charge is 2.24. The molecular formula is C8H16N2O3. The van der Waals surface area contributed by atoms with Crippen LogP contribution in [0.1, 0.15) is 13.8 Å². The Labute approximate surface area is 77.7 Å². The van der Waals surface area contributed by atoms with Crippen molar-refractivity contribution in [2.24, 2.45) is 5.92 Å². The molecule has 0 aromatic carbocycles. The maximum absolute atomic E-state index is 11.4. The molecule has 0 aromatic heterocycles. The number of carboxylic acid groups (broad SMARTS) is 1. The fourth-order valence-corrected chi connectivity index (χ4v) is 0.925. The van der Waals surface area contributed by atoms with E-state index in [0.717, 1.165) is 0 Å². The summed E-state index contributed by atoms with van der Waals surface area (Å²) in [7, 11) is 3.20. The van der Waals surface area contributed by atoms with Crippen LogP contribution in [0.25, 0.3) is 0 Å².